The minimum absolute atomic E-state index is 0. The van der Waals surface area contributed by atoms with E-state index < -0.39 is 0 Å². The third-order valence-electron chi connectivity index (χ3n) is 7.16. The number of fused-ring (bicyclic) bond motifs is 1. The van der Waals surface area contributed by atoms with Crippen molar-refractivity contribution in [3.05, 3.63) is 23.8 Å². The molecule has 5 heteroatoms. The molecule has 1 aliphatic heterocycles. The van der Waals surface area contributed by atoms with Crippen LogP contribution in [0.4, 0.5) is 11.4 Å². The lowest BCUT2D eigenvalue weighted by Crippen LogP contribution is -2.61. The summed E-state index contributed by atoms with van der Waals surface area (Å²) in [7, 11) is 0. The second-order valence-electron chi connectivity index (χ2n) is 9.12. The van der Waals surface area contributed by atoms with Crippen LogP contribution in [-0.4, -0.2) is 24.5 Å². The van der Waals surface area contributed by atoms with Gasteiger partial charge >= 0.3 is 0 Å². The van der Waals surface area contributed by atoms with Crippen LogP contribution in [0.15, 0.2) is 18.2 Å². The maximum Gasteiger partial charge on any atom is 0.239 e. The third kappa shape index (κ3) is 3.06. The minimum Gasteiger partial charge on any atom is -0.398 e. The summed E-state index contributed by atoms with van der Waals surface area (Å²) in [5.74, 6) is 2.79. The predicted molar refractivity (Wildman–Crippen MR) is 108 cm³/mol. The summed E-state index contributed by atoms with van der Waals surface area (Å²) in [6.45, 7) is 1.42. The van der Waals surface area contributed by atoms with Gasteiger partial charge in [0.25, 0.3) is 0 Å². The molecule has 1 heterocycles. The first-order chi connectivity index (χ1) is 12.1. The minimum atomic E-state index is 0. The average molecular weight is 376 g/mol. The van der Waals surface area contributed by atoms with E-state index in [1.54, 1.807) is 0 Å². The van der Waals surface area contributed by atoms with Crippen LogP contribution >= 0.6 is 12.4 Å². The van der Waals surface area contributed by atoms with Crippen LogP contribution in [0.3, 0.4) is 0 Å². The Labute approximate surface area is 162 Å². The van der Waals surface area contributed by atoms with Crippen molar-refractivity contribution >= 4 is 29.7 Å². The Hall–Kier alpha value is -1.42. The molecule has 3 N–H and O–H groups in total. The van der Waals surface area contributed by atoms with Gasteiger partial charge in [0.1, 0.15) is 0 Å². The number of nitrogen functional groups attached to an aromatic ring is 1. The van der Waals surface area contributed by atoms with Gasteiger partial charge in [-0.3, -0.25) is 4.79 Å². The Bertz CT molecular complexity index is 669. The summed E-state index contributed by atoms with van der Waals surface area (Å²) < 4.78 is 0. The number of rotatable bonds is 3. The van der Waals surface area contributed by atoms with E-state index in [1.807, 2.05) is 12.1 Å². The number of nitrogens with zero attached hydrogens (tertiary/aromatic N) is 1. The molecule has 26 heavy (non-hydrogen) atoms. The van der Waals surface area contributed by atoms with Gasteiger partial charge in [-0.1, -0.05) is 6.07 Å². The third-order valence-corrected chi connectivity index (χ3v) is 7.16. The van der Waals surface area contributed by atoms with Crippen molar-refractivity contribution < 1.29 is 4.79 Å². The first-order valence-corrected chi connectivity index (χ1v) is 10.0. The van der Waals surface area contributed by atoms with Crippen molar-refractivity contribution in [1.82, 2.24) is 5.32 Å². The number of hydrogen-bond acceptors (Lipinski definition) is 3. The van der Waals surface area contributed by atoms with Gasteiger partial charge in [-0.2, -0.15) is 0 Å². The first kappa shape index (κ1) is 18.0. The quantitative estimate of drug-likeness (QED) is 0.794. The van der Waals surface area contributed by atoms with Crippen LogP contribution in [0.5, 0.6) is 0 Å². The number of halogens is 1. The highest BCUT2D eigenvalue weighted by Crippen LogP contribution is 2.55. The van der Waals surface area contributed by atoms with Gasteiger partial charge in [-0.05, 0) is 86.8 Å². The van der Waals surface area contributed by atoms with Crippen LogP contribution in [0.2, 0.25) is 0 Å². The van der Waals surface area contributed by atoms with Crippen molar-refractivity contribution in [2.45, 2.75) is 56.9 Å². The molecule has 6 rings (SSSR count). The molecular weight excluding hydrogens is 346 g/mol. The second kappa shape index (κ2) is 6.63. The van der Waals surface area contributed by atoms with Gasteiger partial charge < -0.3 is 16.0 Å². The standard InChI is InChI=1S/C21H29N3O.ClH/c22-18-4-1-5-19-17(18)3-2-6-24(19)13-20(25)23-21-10-14-7-15(11-21)9-16(8-14)12-21;/h1,4-5,14-16H,2-3,6-13,22H2,(H,23,25);1H. The number of benzene rings is 1. The summed E-state index contributed by atoms with van der Waals surface area (Å²) in [6.07, 6.45) is 9.98. The zero-order valence-electron chi connectivity index (χ0n) is 15.4. The number of hydrogen-bond donors (Lipinski definition) is 2. The molecular formula is C21H30ClN3O. The maximum absolute atomic E-state index is 12.9. The van der Waals surface area contributed by atoms with Gasteiger partial charge in [-0.25, -0.2) is 0 Å². The van der Waals surface area contributed by atoms with E-state index in [0.29, 0.717) is 6.54 Å². The van der Waals surface area contributed by atoms with E-state index in [1.165, 1.54) is 44.1 Å². The highest BCUT2D eigenvalue weighted by molar-refractivity contribution is 5.85. The highest BCUT2D eigenvalue weighted by atomic mass is 35.5. The molecule has 4 fully saturated rings. The Balaban J connectivity index is 0.00000168. The molecule has 0 aromatic heterocycles. The zero-order chi connectivity index (χ0) is 17.0. The van der Waals surface area contributed by atoms with Gasteiger partial charge in [-0.15, -0.1) is 12.4 Å². The Morgan fingerprint density at radius 1 is 1.15 bits per heavy atom. The van der Waals surface area contributed by atoms with Gasteiger partial charge in [0, 0.05) is 23.5 Å². The summed E-state index contributed by atoms with van der Waals surface area (Å²) in [5.41, 5.74) is 9.50. The molecule has 0 spiro atoms. The fourth-order valence-electron chi connectivity index (χ4n) is 6.66. The van der Waals surface area contributed by atoms with Gasteiger partial charge in [0.05, 0.1) is 6.54 Å². The normalized spacial score (nSPS) is 34.2. The number of nitrogens with one attached hydrogen (secondary N) is 1. The lowest BCUT2D eigenvalue weighted by Gasteiger charge is -2.57. The molecule has 0 atom stereocenters. The number of carbonyl (C=O) groups is 1. The smallest absolute Gasteiger partial charge is 0.239 e. The predicted octanol–water partition coefficient (Wildman–Crippen LogP) is 3.53. The average Bonchev–Trinajstić information content (AvgIpc) is 2.54. The largest absolute Gasteiger partial charge is 0.398 e. The fraction of sp³-hybridized carbons (Fsp3) is 0.667. The van der Waals surface area contributed by atoms with Crippen LogP contribution in [-0.2, 0) is 11.2 Å². The van der Waals surface area contributed by atoms with E-state index >= 15 is 0 Å². The summed E-state index contributed by atoms with van der Waals surface area (Å²) >= 11 is 0. The molecule has 5 aliphatic rings. The van der Waals surface area contributed by atoms with Crippen LogP contribution < -0.4 is 16.0 Å². The molecule has 1 aromatic rings. The van der Waals surface area contributed by atoms with Crippen molar-refractivity contribution in [1.29, 1.82) is 0 Å². The van der Waals surface area contributed by atoms with E-state index in [4.69, 9.17) is 5.73 Å². The summed E-state index contributed by atoms with van der Waals surface area (Å²) in [5, 5.41) is 3.51. The summed E-state index contributed by atoms with van der Waals surface area (Å²) in [4.78, 5) is 15.1. The van der Waals surface area contributed by atoms with Gasteiger partial charge in [0.2, 0.25) is 5.91 Å². The number of anilines is 2. The lowest BCUT2D eigenvalue weighted by molar-refractivity contribution is -0.125. The molecule has 4 saturated carbocycles. The maximum atomic E-state index is 12.9. The number of amides is 1. The molecule has 4 nitrogen and oxygen atoms in total. The molecule has 4 bridgehead atoms. The van der Waals surface area contributed by atoms with Crippen molar-refractivity contribution in [3.63, 3.8) is 0 Å². The Kier molecular flexibility index (Phi) is 4.58. The Morgan fingerprint density at radius 2 is 1.81 bits per heavy atom. The summed E-state index contributed by atoms with van der Waals surface area (Å²) in [6, 6.07) is 6.09. The van der Waals surface area contributed by atoms with Crippen molar-refractivity contribution in [2.24, 2.45) is 17.8 Å². The molecule has 1 aromatic carbocycles. The monoisotopic (exact) mass is 375 g/mol. The highest BCUT2D eigenvalue weighted by Gasteiger charge is 2.51. The first-order valence-electron chi connectivity index (χ1n) is 10.0. The molecule has 1 amide bonds. The molecule has 4 aliphatic carbocycles. The van der Waals surface area contributed by atoms with Crippen LogP contribution in [0.1, 0.15) is 50.5 Å². The molecule has 0 saturated heterocycles. The molecule has 0 unspecified atom stereocenters. The van der Waals surface area contributed by atoms with Crippen LogP contribution in [0.25, 0.3) is 0 Å². The van der Waals surface area contributed by atoms with E-state index in [-0.39, 0.29) is 23.9 Å². The van der Waals surface area contributed by atoms with E-state index in [2.05, 4.69) is 16.3 Å². The molecule has 142 valence electrons. The SMILES string of the molecule is Cl.Nc1cccc2c1CCCN2CC(=O)NC12CC3CC(CC(C3)C1)C2. The van der Waals surface area contributed by atoms with Crippen molar-refractivity contribution in [2.75, 3.05) is 23.7 Å². The van der Waals surface area contributed by atoms with E-state index in [9.17, 15) is 4.79 Å². The topological polar surface area (TPSA) is 58.4 Å². The number of carbonyl (C=O) groups excluding carboxylic acids is 1. The number of nitrogens with two attached hydrogens (primary N) is 1. The fourth-order valence-corrected chi connectivity index (χ4v) is 6.66. The van der Waals surface area contributed by atoms with Crippen LogP contribution in [0, 0.1) is 17.8 Å². The second-order valence-corrected chi connectivity index (χ2v) is 9.12. The van der Waals surface area contributed by atoms with E-state index in [0.717, 1.165) is 48.5 Å². The van der Waals surface area contributed by atoms with Crippen molar-refractivity contribution in [3.8, 4) is 0 Å². The Morgan fingerprint density at radius 3 is 2.46 bits per heavy atom. The van der Waals surface area contributed by atoms with Gasteiger partial charge in [0.15, 0.2) is 0 Å². The zero-order valence-corrected chi connectivity index (χ0v) is 16.2. The molecule has 0 radical (unpaired) electrons. The lowest BCUT2D eigenvalue weighted by atomic mass is 9.53.